The van der Waals surface area contributed by atoms with Gasteiger partial charge in [-0.05, 0) is 44.2 Å². The Labute approximate surface area is 154 Å². The van der Waals surface area contributed by atoms with Crippen molar-refractivity contribution in [3.05, 3.63) is 23.9 Å². The van der Waals surface area contributed by atoms with Crippen LogP contribution in [0.1, 0.15) is 48.9 Å². The number of rotatable bonds is 6. The molecule has 0 radical (unpaired) electrons. The monoisotopic (exact) mass is 385 g/mol. The number of ether oxygens (including phenoxy) is 1. The summed E-state index contributed by atoms with van der Waals surface area (Å²) in [5.41, 5.74) is 0.207. The smallest absolute Gasteiger partial charge is 0.391 e. The van der Waals surface area contributed by atoms with E-state index in [1.165, 1.54) is 6.20 Å². The van der Waals surface area contributed by atoms with Crippen molar-refractivity contribution in [2.24, 2.45) is 5.92 Å². The highest BCUT2D eigenvalue weighted by Crippen LogP contribution is 2.37. The molecule has 1 heterocycles. The quantitative estimate of drug-likeness (QED) is 0.736. The van der Waals surface area contributed by atoms with Crippen LogP contribution in [0.15, 0.2) is 18.3 Å². The first-order valence-electron chi connectivity index (χ1n) is 9.07. The van der Waals surface area contributed by atoms with Crippen LogP contribution >= 0.6 is 0 Å². The zero-order valence-corrected chi connectivity index (χ0v) is 14.7. The van der Waals surface area contributed by atoms with Crippen LogP contribution in [0.4, 0.5) is 19.0 Å². The number of amides is 1. The van der Waals surface area contributed by atoms with Crippen molar-refractivity contribution in [3.8, 4) is 0 Å². The van der Waals surface area contributed by atoms with E-state index in [4.69, 9.17) is 4.74 Å². The zero-order valence-electron chi connectivity index (χ0n) is 14.7. The predicted molar refractivity (Wildman–Crippen MR) is 91.1 cm³/mol. The number of nitrogens with zero attached hydrogens (tertiary/aromatic N) is 1. The van der Waals surface area contributed by atoms with Gasteiger partial charge >= 0.3 is 12.1 Å². The molecular weight excluding hydrogens is 363 g/mol. The molecule has 0 saturated heterocycles. The molecule has 2 saturated carbocycles. The molecule has 1 amide bonds. The molecule has 27 heavy (non-hydrogen) atoms. The average molecular weight is 385 g/mol. The van der Waals surface area contributed by atoms with E-state index in [0.29, 0.717) is 24.7 Å². The van der Waals surface area contributed by atoms with Gasteiger partial charge in [0.15, 0.2) is 6.61 Å². The molecule has 0 bridgehead atoms. The number of anilines is 1. The lowest BCUT2D eigenvalue weighted by atomic mass is 9.85. The minimum Gasteiger partial charge on any atom is -0.452 e. The molecule has 2 aliphatic carbocycles. The third-order valence-corrected chi connectivity index (χ3v) is 4.77. The summed E-state index contributed by atoms with van der Waals surface area (Å²) < 4.78 is 43.3. The number of esters is 1. The topological polar surface area (TPSA) is 80.3 Å². The first-order chi connectivity index (χ1) is 12.8. The first-order valence-corrected chi connectivity index (χ1v) is 9.07. The second kappa shape index (κ2) is 8.14. The van der Waals surface area contributed by atoms with Crippen LogP contribution in [0.25, 0.3) is 0 Å². The van der Waals surface area contributed by atoms with Gasteiger partial charge in [0.2, 0.25) is 0 Å². The van der Waals surface area contributed by atoms with E-state index in [1.54, 1.807) is 12.1 Å². The highest BCUT2D eigenvalue weighted by Gasteiger charge is 2.42. The highest BCUT2D eigenvalue weighted by molar-refractivity contribution is 5.91. The van der Waals surface area contributed by atoms with Gasteiger partial charge in [-0.15, -0.1) is 0 Å². The molecule has 2 aliphatic rings. The third kappa shape index (κ3) is 5.83. The van der Waals surface area contributed by atoms with E-state index >= 15 is 0 Å². The summed E-state index contributed by atoms with van der Waals surface area (Å²) in [6.45, 7) is -0.534. The van der Waals surface area contributed by atoms with Crippen molar-refractivity contribution in [1.29, 1.82) is 0 Å². The van der Waals surface area contributed by atoms with E-state index in [0.717, 1.165) is 12.8 Å². The van der Waals surface area contributed by atoms with Gasteiger partial charge in [-0.2, -0.15) is 13.2 Å². The molecule has 0 spiro atoms. The number of carbonyl (C=O) groups excluding carboxylic acids is 2. The van der Waals surface area contributed by atoms with Crippen molar-refractivity contribution in [1.82, 2.24) is 10.3 Å². The fourth-order valence-electron chi connectivity index (χ4n) is 3.14. The Kier molecular flexibility index (Phi) is 5.86. The normalized spacial score (nSPS) is 22.8. The van der Waals surface area contributed by atoms with Crippen LogP contribution in [-0.4, -0.2) is 41.7 Å². The predicted octanol–water partition coefficient (Wildman–Crippen LogP) is 3.05. The van der Waals surface area contributed by atoms with E-state index in [9.17, 15) is 22.8 Å². The summed E-state index contributed by atoms with van der Waals surface area (Å²) in [5.74, 6) is -2.03. The molecule has 1 aromatic heterocycles. The maximum atomic E-state index is 12.8. The highest BCUT2D eigenvalue weighted by atomic mass is 19.4. The van der Waals surface area contributed by atoms with Gasteiger partial charge in [0, 0.05) is 18.3 Å². The van der Waals surface area contributed by atoms with Crippen LogP contribution in [0, 0.1) is 5.92 Å². The fourth-order valence-corrected chi connectivity index (χ4v) is 3.14. The van der Waals surface area contributed by atoms with E-state index in [2.05, 4.69) is 15.6 Å². The Hall–Kier alpha value is -2.32. The lowest BCUT2D eigenvalue weighted by Gasteiger charge is -2.30. The molecule has 9 heteroatoms. The minimum atomic E-state index is -4.25. The summed E-state index contributed by atoms with van der Waals surface area (Å²) in [7, 11) is 0. The van der Waals surface area contributed by atoms with Crippen LogP contribution in [0.5, 0.6) is 0 Å². The summed E-state index contributed by atoms with van der Waals surface area (Å²) in [4.78, 5) is 28.0. The van der Waals surface area contributed by atoms with Crippen molar-refractivity contribution in [2.45, 2.75) is 56.8 Å². The van der Waals surface area contributed by atoms with E-state index in [1.807, 2.05) is 0 Å². The summed E-state index contributed by atoms with van der Waals surface area (Å²) in [6.07, 6.45) is 0.166. The number of nitrogens with one attached hydrogen (secondary N) is 2. The van der Waals surface area contributed by atoms with Gasteiger partial charge in [0.1, 0.15) is 5.82 Å². The second-order valence-corrected chi connectivity index (χ2v) is 7.10. The van der Waals surface area contributed by atoms with Crippen LogP contribution < -0.4 is 10.6 Å². The molecule has 2 fully saturated rings. The van der Waals surface area contributed by atoms with E-state index in [-0.39, 0.29) is 18.4 Å². The third-order valence-electron chi connectivity index (χ3n) is 4.77. The molecule has 1 aromatic rings. The van der Waals surface area contributed by atoms with Crippen molar-refractivity contribution < 1.29 is 27.5 Å². The summed E-state index contributed by atoms with van der Waals surface area (Å²) in [5, 5.41) is 5.71. The largest absolute Gasteiger partial charge is 0.452 e. The minimum absolute atomic E-state index is 0.0868. The Bertz CT molecular complexity index is 675. The number of halogens is 3. The summed E-state index contributed by atoms with van der Waals surface area (Å²) >= 11 is 0. The van der Waals surface area contributed by atoms with Gasteiger partial charge in [0.25, 0.3) is 5.91 Å². The lowest BCUT2D eigenvalue weighted by molar-refractivity contribution is -0.184. The maximum absolute atomic E-state index is 12.8. The van der Waals surface area contributed by atoms with Crippen molar-refractivity contribution in [2.75, 3.05) is 11.9 Å². The van der Waals surface area contributed by atoms with Gasteiger partial charge in [-0.1, -0.05) is 6.42 Å². The maximum Gasteiger partial charge on any atom is 0.391 e. The van der Waals surface area contributed by atoms with Gasteiger partial charge < -0.3 is 15.4 Å². The molecule has 6 nitrogen and oxygen atoms in total. The molecule has 2 atom stereocenters. The summed E-state index contributed by atoms with van der Waals surface area (Å²) in [6, 6.07) is 3.10. The van der Waals surface area contributed by atoms with Gasteiger partial charge in [-0.3, -0.25) is 4.79 Å². The van der Waals surface area contributed by atoms with Gasteiger partial charge in [0.05, 0.1) is 11.5 Å². The van der Waals surface area contributed by atoms with Crippen molar-refractivity contribution >= 4 is 17.7 Å². The lowest BCUT2D eigenvalue weighted by Crippen LogP contribution is -2.43. The first kappa shape index (κ1) is 19.4. The zero-order chi connectivity index (χ0) is 19.4. The molecule has 3 rings (SSSR count). The molecule has 148 valence electrons. The average Bonchev–Trinajstić information content (AvgIpc) is 3.44. The van der Waals surface area contributed by atoms with Crippen LogP contribution in [0.3, 0.4) is 0 Å². The Morgan fingerprint density at radius 1 is 1.15 bits per heavy atom. The Balaban J connectivity index is 1.42. The van der Waals surface area contributed by atoms with Gasteiger partial charge in [-0.25, -0.2) is 9.78 Å². The fraction of sp³-hybridized carbons (Fsp3) is 0.611. The Morgan fingerprint density at radius 3 is 2.56 bits per heavy atom. The van der Waals surface area contributed by atoms with Crippen molar-refractivity contribution in [3.63, 3.8) is 0 Å². The molecule has 2 unspecified atom stereocenters. The second-order valence-electron chi connectivity index (χ2n) is 7.10. The standard InChI is InChI=1S/C18H22F3N3O3/c19-18(20,21)12-2-1-3-14(8-12)24-16(25)10-27-17(26)11-4-7-15(22-9-11)23-13-5-6-13/h4,7,9,12-14H,1-3,5-6,8,10H2,(H,22,23)(H,24,25). The molecular formula is C18H22F3N3O3. The number of carbonyl (C=O) groups is 2. The van der Waals surface area contributed by atoms with E-state index < -0.39 is 36.6 Å². The molecule has 0 aromatic carbocycles. The molecule has 2 N–H and O–H groups in total. The van der Waals surface area contributed by atoms with Crippen LogP contribution in [0.2, 0.25) is 0 Å². The number of hydrogen-bond acceptors (Lipinski definition) is 5. The Morgan fingerprint density at radius 2 is 1.93 bits per heavy atom. The molecule has 0 aliphatic heterocycles. The number of alkyl halides is 3. The number of pyridine rings is 1. The SMILES string of the molecule is O=C(COC(=O)c1ccc(NC2CC2)nc1)NC1CCCC(C(F)(F)F)C1. The number of aromatic nitrogens is 1. The van der Waals surface area contributed by atoms with Crippen LogP contribution in [-0.2, 0) is 9.53 Å². The number of hydrogen-bond donors (Lipinski definition) is 2.